The molecular weight excluding hydrogens is 248 g/mol. The van der Waals surface area contributed by atoms with Crippen molar-refractivity contribution in [1.29, 1.82) is 0 Å². The summed E-state index contributed by atoms with van der Waals surface area (Å²) >= 11 is 0. The van der Waals surface area contributed by atoms with Crippen LogP contribution in [0.15, 0.2) is 24.3 Å². The monoisotopic (exact) mass is 268 g/mol. The van der Waals surface area contributed by atoms with Crippen LogP contribution in [0.3, 0.4) is 0 Å². The fourth-order valence-corrected chi connectivity index (χ4v) is 2.78. The molecule has 0 saturated heterocycles. The van der Waals surface area contributed by atoms with Gasteiger partial charge in [-0.3, -0.25) is 9.00 Å². The molecule has 1 aromatic carbocycles. The van der Waals surface area contributed by atoms with Crippen LogP contribution < -0.4 is 0 Å². The first-order valence-corrected chi connectivity index (χ1v) is 7.46. The summed E-state index contributed by atoms with van der Waals surface area (Å²) in [6.07, 6.45) is -0.0450. The highest BCUT2D eigenvalue weighted by Gasteiger charge is 2.15. The Balaban J connectivity index is 2.62. The van der Waals surface area contributed by atoms with Gasteiger partial charge in [-0.05, 0) is 17.0 Å². The van der Waals surface area contributed by atoms with E-state index in [1.54, 1.807) is 6.92 Å². The van der Waals surface area contributed by atoms with Crippen LogP contribution in [0.4, 0.5) is 0 Å². The highest BCUT2D eigenvalue weighted by atomic mass is 32.2. The largest absolute Gasteiger partial charge is 0.481 e. The number of hydrogen-bond acceptors (Lipinski definition) is 2. The van der Waals surface area contributed by atoms with Crippen molar-refractivity contribution in [2.45, 2.75) is 44.1 Å². The molecule has 4 heteroatoms. The van der Waals surface area contributed by atoms with Gasteiger partial charge in [0.15, 0.2) is 0 Å². The fourth-order valence-electron chi connectivity index (χ4n) is 1.64. The molecule has 0 radical (unpaired) electrons. The molecule has 2 unspecified atom stereocenters. The van der Waals surface area contributed by atoms with Crippen molar-refractivity contribution in [2.24, 2.45) is 0 Å². The van der Waals surface area contributed by atoms with Gasteiger partial charge in [-0.2, -0.15) is 0 Å². The number of carboxylic acid groups (broad SMARTS) is 1. The Hall–Kier alpha value is -1.16. The van der Waals surface area contributed by atoms with E-state index < -0.39 is 16.8 Å². The number of carbonyl (C=O) groups is 1. The molecule has 0 aromatic heterocycles. The maximum Gasteiger partial charge on any atom is 0.304 e. The minimum atomic E-state index is -1.13. The average molecular weight is 268 g/mol. The molecule has 0 bridgehead atoms. The van der Waals surface area contributed by atoms with Crippen molar-refractivity contribution < 1.29 is 14.1 Å². The van der Waals surface area contributed by atoms with Crippen LogP contribution in [-0.2, 0) is 21.3 Å². The van der Waals surface area contributed by atoms with E-state index in [-0.39, 0.29) is 11.7 Å². The number of benzene rings is 1. The number of hydrogen-bond donors (Lipinski definition) is 1. The first-order chi connectivity index (χ1) is 8.40. The lowest BCUT2D eigenvalue weighted by Crippen LogP contribution is -2.17. The molecule has 0 amide bonds. The van der Waals surface area contributed by atoms with Crippen molar-refractivity contribution in [2.75, 3.05) is 0 Å². The van der Waals surface area contributed by atoms with Gasteiger partial charge < -0.3 is 5.11 Å². The summed E-state index contributed by atoms with van der Waals surface area (Å²) in [7, 11) is -1.13. The summed E-state index contributed by atoms with van der Waals surface area (Å²) in [6.45, 7) is 5.97. The molecule has 0 aliphatic carbocycles. The van der Waals surface area contributed by atoms with Crippen molar-refractivity contribution in [3.8, 4) is 0 Å². The second kappa shape index (κ2) is 6.69. The minimum absolute atomic E-state index is 0.0450. The number of carboxylic acids is 1. The van der Waals surface area contributed by atoms with E-state index in [9.17, 15) is 9.00 Å². The Kier molecular flexibility index (Phi) is 5.54. The second-order valence-corrected chi connectivity index (χ2v) is 6.68. The third-order valence-electron chi connectivity index (χ3n) is 2.87. The molecule has 0 fully saturated rings. The molecule has 0 aliphatic rings. The Bertz CT molecular complexity index is 423. The van der Waals surface area contributed by atoms with Gasteiger partial charge in [-0.15, -0.1) is 0 Å². The van der Waals surface area contributed by atoms with Crippen LogP contribution >= 0.6 is 0 Å². The van der Waals surface area contributed by atoms with Crippen LogP contribution in [0.25, 0.3) is 0 Å². The van der Waals surface area contributed by atoms with Gasteiger partial charge in [-0.1, -0.05) is 45.0 Å². The zero-order valence-corrected chi connectivity index (χ0v) is 11.9. The van der Waals surface area contributed by atoms with Crippen molar-refractivity contribution in [1.82, 2.24) is 0 Å². The van der Waals surface area contributed by atoms with Gasteiger partial charge in [0.25, 0.3) is 0 Å². The minimum Gasteiger partial charge on any atom is -0.481 e. The zero-order valence-electron chi connectivity index (χ0n) is 11.1. The fraction of sp³-hybridized carbons (Fsp3) is 0.500. The van der Waals surface area contributed by atoms with E-state index in [4.69, 9.17) is 5.11 Å². The first-order valence-electron chi connectivity index (χ1n) is 6.08. The zero-order chi connectivity index (χ0) is 13.7. The summed E-state index contributed by atoms with van der Waals surface area (Å²) < 4.78 is 11.9. The number of aliphatic carboxylic acids is 1. The highest BCUT2D eigenvalue weighted by molar-refractivity contribution is 7.84. The van der Waals surface area contributed by atoms with Gasteiger partial charge in [0.1, 0.15) is 0 Å². The van der Waals surface area contributed by atoms with E-state index >= 15 is 0 Å². The molecule has 0 aliphatic heterocycles. The van der Waals surface area contributed by atoms with Crippen molar-refractivity contribution in [3.63, 3.8) is 0 Å². The molecule has 2 atom stereocenters. The Morgan fingerprint density at radius 2 is 1.78 bits per heavy atom. The van der Waals surface area contributed by atoms with Gasteiger partial charge in [0.2, 0.25) is 0 Å². The van der Waals surface area contributed by atoms with Crippen LogP contribution in [0.5, 0.6) is 0 Å². The molecule has 1 N–H and O–H groups in total. The Morgan fingerprint density at radius 3 is 2.22 bits per heavy atom. The molecule has 18 heavy (non-hydrogen) atoms. The predicted octanol–water partition coefficient (Wildman–Crippen LogP) is 2.92. The molecule has 0 heterocycles. The molecule has 0 spiro atoms. The third-order valence-corrected chi connectivity index (χ3v) is 4.55. The molecule has 1 aromatic rings. The first kappa shape index (κ1) is 14.9. The molecule has 0 saturated carbocycles. The van der Waals surface area contributed by atoms with Gasteiger partial charge >= 0.3 is 5.97 Å². The standard InChI is InChI=1S/C14H20O3S/c1-10(2)13-6-4-12(5-7-13)9-18(17)11(3)8-14(15)16/h4-7,10-11H,8-9H2,1-3H3,(H,15,16). The average Bonchev–Trinajstić information content (AvgIpc) is 2.28. The van der Waals surface area contributed by atoms with Crippen LogP contribution in [0.1, 0.15) is 44.2 Å². The summed E-state index contributed by atoms with van der Waals surface area (Å²) in [6, 6.07) is 8.03. The molecular formula is C14H20O3S. The summed E-state index contributed by atoms with van der Waals surface area (Å²) in [5, 5.41) is 8.35. The normalized spacial score (nSPS) is 14.4. The van der Waals surface area contributed by atoms with Crippen LogP contribution in [-0.4, -0.2) is 20.5 Å². The summed E-state index contributed by atoms with van der Waals surface area (Å²) in [5.41, 5.74) is 2.25. The van der Waals surface area contributed by atoms with E-state index in [1.165, 1.54) is 5.56 Å². The molecule has 3 nitrogen and oxygen atoms in total. The number of rotatable bonds is 6. The Morgan fingerprint density at radius 1 is 1.22 bits per heavy atom. The predicted molar refractivity (Wildman–Crippen MR) is 74.1 cm³/mol. The van der Waals surface area contributed by atoms with Crippen LogP contribution in [0, 0.1) is 0 Å². The lowest BCUT2D eigenvalue weighted by Gasteiger charge is -2.10. The lowest BCUT2D eigenvalue weighted by molar-refractivity contribution is -0.136. The topological polar surface area (TPSA) is 54.4 Å². The van der Waals surface area contributed by atoms with Gasteiger partial charge in [0.05, 0.1) is 6.42 Å². The SMILES string of the molecule is CC(C)c1ccc(CS(=O)C(C)CC(=O)O)cc1. The highest BCUT2D eigenvalue weighted by Crippen LogP contribution is 2.16. The Labute approximate surface area is 111 Å². The molecule has 1 rings (SSSR count). The van der Waals surface area contributed by atoms with Crippen LogP contribution in [0.2, 0.25) is 0 Å². The maximum absolute atomic E-state index is 11.9. The van der Waals surface area contributed by atoms with E-state index in [0.717, 1.165) is 5.56 Å². The van der Waals surface area contributed by atoms with Gasteiger partial charge in [-0.25, -0.2) is 0 Å². The van der Waals surface area contributed by atoms with E-state index in [1.807, 2.05) is 24.3 Å². The van der Waals surface area contributed by atoms with Crippen molar-refractivity contribution >= 4 is 16.8 Å². The van der Waals surface area contributed by atoms with Gasteiger partial charge in [0, 0.05) is 21.8 Å². The van der Waals surface area contributed by atoms with E-state index in [0.29, 0.717) is 11.7 Å². The smallest absolute Gasteiger partial charge is 0.304 e. The quantitative estimate of drug-likeness (QED) is 0.863. The third kappa shape index (κ3) is 4.61. The molecule has 100 valence electrons. The summed E-state index contributed by atoms with van der Waals surface area (Å²) in [5.74, 6) is 0.00814. The van der Waals surface area contributed by atoms with Crippen molar-refractivity contribution in [3.05, 3.63) is 35.4 Å². The van der Waals surface area contributed by atoms with E-state index in [2.05, 4.69) is 13.8 Å². The summed E-state index contributed by atoms with van der Waals surface area (Å²) in [4.78, 5) is 10.6. The lowest BCUT2D eigenvalue weighted by atomic mass is 10.0. The maximum atomic E-state index is 11.9. The second-order valence-electron chi connectivity index (χ2n) is 4.83.